The molecule has 6 rings (SSSR count). The van der Waals surface area contributed by atoms with Crippen LogP contribution in [0.5, 0.6) is 0 Å². The molecule has 1 saturated heterocycles. The van der Waals surface area contributed by atoms with Gasteiger partial charge in [0.15, 0.2) is 5.82 Å². The van der Waals surface area contributed by atoms with Gasteiger partial charge >= 0.3 is 0 Å². The number of likely N-dealkylation sites (tertiary alicyclic amines) is 1. The summed E-state index contributed by atoms with van der Waals surface area (Å²) in [5, 5.41) is 4.38. The van der Waals surface area contributed by atoms with Crippen molar-refractivity contribution in [1.82, 2.24) is 19.4 Å². The lowest BCUT2D eigenvalue weighted by molar-refractivity contribution is 0.160. The Bertz CT molecular complexity index is 1110. The number of piperidine rings is 1. The maximum absolute atomic E-state index is 14.2. The van der Waals surface area contributed by atoms with E-state index < -0.39 is 0 Å². The van der Waals surface area contributed by atoms with Crippen molar-refractivity contribution in [1.29, 1.82) is 0 Å². The monoisotopic (exact) mass is 423 g/mol. The quantitative estimate of drug-likeness (QED) is 0.653. The zero-order valence-corrected chi connectivity index (χ0v) is 17.4. The third-order valence-corrected chi connectivity index (χ3v) is 6.94. The number of benzene rings is 1. The summed E-state index contributed by atoms with van der Waals surface area (Å²) in [5.41, 5.74) is 2.77. The number of nitrogens with one attached hydrogen (secondary N) is 1. The van der Waals surface area contributed by atoms with Gasteiger partial charge in [-0.25, -0.2) is 14.4 Å². The van der Waals surface area contributed by atoms with Crippen LogP contribution in [0, 0.1) is 5.82 Å². The van der Waals surface area contributed by atoms with Gasteiger partial charge in [0.2, 0.25) is 0 Å². The first-order valence-corrected chi connectivity index (χ1v) is 11.0. The number of rotatable bonds is 3. The van der Waals surface area contributed by atoms with Crippen LogP contribution in [0.1, 0.15) is 48.7 Å². The van der Waals surface area contributed by atoms with E-state index in [-0.39, 0.29) is 11.4 Å². The smallest absolute Gasteiger partial charge is 0.161 e. The largest absolute Gasteiger partial charge is 0.371 e. The molecule has 2 aliphatic heterocycles. The van der Waals surface area contributed by atoms with Crippen LogP contribution in [0.4, 0.5) is 10.1 Å². The molecule has 5 nitrogen and oxygen atoms in total. The molecule has 154 valence electrons. The molecule has 3 aromatic rings. The van der Waals surface area contributed by atoms with Gasteiger partial charge < -0.3 is 5.32 Å². The number of fused-ring (bicyclic) bond motifs is 4. The SMILES string of the molecule is Fc1ccc(Cl)cc1CN1CCC2(CC1)Nc1cccnc1-n1c2cnc1C1CC1. The third-order valence-electron chi connectivity index (χ3n) is 6.71. The molecule has 2 fully saturated rings. The predicted molar refractivity (Wildman–Crippen MR) is 115 cm³/mol. The van der Waals surface area contributed by atoms with Crippen LogP contribution in [-0.2, 0) is 12.1 Å². The van der Waals surface area contributed by atoms with Crippen LogP contribution in [0.2, 0.25) is 5.02 Å². The van der Waals surface area contributed by atoms with E-state index in [1.165, 1.54) is 24.6 Å². The molecule has 0 unspecified atom stereocenters. The molecular weight excluding hydrogens is 401 g/mol. The van der Waals surface area contributed by atoms with Crippen molar-refractivity contribution < 1.29 is 4.39 Å². The van der Waals surface area contributed by atoms with E-state index in [0.29, 0.717) is 23.0 Å². The molecule has 0 bridgehead atoms. The van der Waals surface area contributed by atoms with Crippen molar-refractivity contribution in [2.75, 3.05) is 18.4 Å². The van der Waals surface area contributed by atoms with Crippen LogP contribution in [0.3, 0.4) is 0 Å². The standard InChI is InChI=1S/C23H23ClFN5/c24-17-5-6-18(25)16(12-17)14-29-10-7-23(8-11-29)20-13-27-21(15-3-4-15)30(20)22-19(28-23)2-1-9-26-22/h1-2,5-6,9,12-13,15,28H,3-4,7-8,10-11,14H2. The molecule has 30 heavy (non-hydrogen) atoms. The van der Waals surface area contributed by atoms with Crippen LogP contribution in [0.25, 0.3) is 5.82 Å². The van der Waals surface area contributed by atoms with Crippen molar-refractivity contribution in [3.05, 3.63) is 70.6 Å². The summed E-state index contributed by atoms with van der Waals surface area (Å²) in [6.45, 7) is 2.32. The number of pyridine rings is 1. The van der Waals surface area contributed by atoms with Gasteiger partial charge in [0.1, 0.15) is 11.6 Å². The van der Waals surface area contributed by atoms with Gasteiger partial charge in [0, 0.05) is 42.3 Å². The van der Waals surface area contributed by atoms with Gasteiger partial charge in [0.05, 0.1) is 23.1 Å². The lowest BCUT2D eigenvalue weighted by atomic mass is 9.82. The highest BCUT2D eigenvalue weighted by Gasteiger charge is 2.44. The summed E-state index contributed by atoms with van der Waals surface area (Å²) in [6.07, 6.45) is 8.17. The number of hydrogen-bond donors (Lipinski definition) is 1. The highest BCUT2D eigenvalue weighted by molar-refractivity contribution is 6.30. The van der Waals surface area contributed by atoms with Crippen molar-refractivity contribution in [2.45, 2.75) is 43.7 Å². The lowest BCUT2D eigenvalue weighted by Crippen LogP contribution is -2.49. The Morgan fingerprint density at radius 1 is 1.17 bits per heavy atom. The molecule has 1 aromatic carbocycles. The van der Waals surface area contributed by atoms with Crippen LogP contribution in [-0.4, -0.2) is 32.5 Å². The molecule has 4 heterocycles. The number of imidazole rings is 1. The minimum Gasteiger partial charge on any atom is -0.371 e. The number of halogens is 2. The van der Waals surface area contributed by atoms with Gasteiger partial charge in [-0.3, -0.25) is 9.47 Å². The first-order chi connectivity index (χ1) is 14.6. The Labute approximate surface area is 179 Å². The minimum atomic E-state index is -0.192. The Kier molecular flexibility index (Phi) is 4.15. The van der Waals surface area contributed by atoms with Gasteiger partial charge in [-0.05, 0) is 56.0 Å². The Morgan fingerprint density at radius 3 is 2.80 bits per heavy atom. The van der Waals surface area contributed by atoms with Gasteiger partial charge in [-0.15, -0.1) is 0 Å². The van der Waals surface area contributed by atoms with E-state index in [2.05, 4.69) is 25.8 Å². The van der Waals surface area contributed by atoms with E-state index in [1.54, 1.807) is 12.1 Å². The molecule has 1 aliphatic carbocycles. The van der Waals surface area contributed by atoms with Gasteiger partial charge in [0.25, 0.3) is 0 Å². The normalized spacial score (nSPS) is 19.9. The predicted octanol–water partition coefficient (Wildman–Crippen LogP) is 4.85. The molecule has 0 amide bonds. The maximum Gasteiger partial charge on any atom is 0.161 e. The fraction of sp³-hybridized carbons (Fsp3) is 0.391. The number of nitrogens with zero attached hydrogens (tertiary/aromatic N) is 4. The van der Waals surface area contributed by atoms with Crippen molar-refractivity contribution in [3.63, 3.8) is 0 Å². The van der Waals surface area contributed by atoms with Gasteiger partial charge in [-0.2, -0.15) is 0 Å². The first kappa shape index (κ1) is 18.3. The molecule has 1 N–H and O–H groups in total. The van der Waals surface area contributed by atoms with Crippen molar-refractivity contribution in [3.8, 4) is 5.82 Å². The van der Waals surface area contributed by atoms with Crippen molar-refractivity contribution >= 4 is 17.3 Å². The fourth-order valence-electron chi connectivity index (χ4n) is 4.93. The van der Waals surface area contributed by atoms with E-state index in [0.717, 1.165) is 43.3 Å². The average Bonchev–Trinajstić information content (AvgIpc) is 3.50. The Hall–Kier alpha value is -2.44. The molecule has 7 heteroatoms. The molecule has 0 radical (unpaired) electrons. The van der Waals surface area contributed by atoms with Crippen LogP contribution < -0.4 is 5.32 Å². The molecule has 3 aliphatic rings. The van der Waals surface area contributed by atoms with E-state index in [9.17, 15) is 4.39 Å². The summed E-state index contributed by atoms with van der Waals surface area (Å²) >= 11 is 6.08. The summed E-state index contributed by atoms with van der Waals surface area (Å²) < 4.78 is 16.5. The number of hydrogen-bond acceptors (Lipinski definition) is 4. The zero-order chi connectivity index (χ0) is 20.3. The molecule has 0 atom stereocenters. The topological polar surface area (TPSA) is 46.0 Å². The average molecular weight is 424 g/mol. The van der Waals surface area contributed by atoms with E-state index >= 15 is 0 Å². The van der Waals surface area contributed by atoms with Crippen molar-refractivity contribution in [2.24, 2.45) is 0 Å². The zero-order valence-electron chi connectivity index (χ0n) is 16.6. The Balaban J connectivity index is 1.30. The van der Waals surface area contributed by atoms with E-state index in [4.69, 9.17) is 16.6 Å². The molecule has 2 aromatic heterocycles. The molecular formula is C23H23ClFN5. The number of aromatic nitrogens is 3. The number of anilines is 1. The molecule has 1 saturated carbocycles. The van der Waals surface area contributed by atoms with Gasteiger partial charge in [-0.1, -0.05) is 11.6 Å². The summed E-state index contributed by atoms with van der Waals surface area (Å²) in [4.78, 5) is 11.8. The lowest BCUT2D eigenvalue weighted by Gasteiger charge is -2.45. The highest BCUT2D eigenvalue weighted by Crippen LogP contribution is 2.47. The first-order valence-electron chi connectivity index (χ1n) is 10.6. The highest BCUT2D eigenvalue weighted by atomic mass is 35.5. The maximum atomic E-state index is 14.2. The summed E-state index contributed by atoms with van der Waals surface area (Å²) in [5.74, 6) is 2.47. The summed E-state index contributed by atoms with van der Waals surface area (Å²) in [6, 6.07) is 8.88. The second kappa shape index (κ2) is 6.79. The second-order valence-electron chi connectivity index (χ2n) is 8.70. The van der Waals surface area contributed by atoms with Crippen LogP contribution in [0.15, 0.2) is 42.7 Å². The second-order valence-corrected chi connectivity index (χ2v) is 9.14. The van der Waals surface area contributed by atoms with Crippen LogP contribution >= 0.6 is 11.6 Å². The summed E-state index contributed by atoms with van der Waals surface area (Å²) in [7, 11) is 0. The van der Waals surface area contributed by atoms with E-state index in [1.807, 2.05) is 18.5 Å². The minimum absolute atomic E-state index is 0.167. The Morgan fingerprint density at radius 2 is 2.00 bits per heavy atom. The third kappa shape index (κ3) is 2.93. The molecule has 1 spiro atoms. The fourth-order valence-corrected chi connectivity index (χ4v) is 5.12.